The Bertz CT molecular complexity index is 772. The molecule has 2 aromatic rings. The number of carbonyl (C=O) groups excluding carboxylic acids is 1. The van der Waals surface area contributed by atoms with E-state index in [1.54, 1.807) is 18.3 Å². The van der Waals surface area contributed by atoms with Crippen LogP contribution >= 0.6 is 11.6 Å². The van der Waals surface area contributed by atoms with E-state index < -0.39 is 0 Å². The first kappa shape index (κ1) is 19.0. The van der Waals surface area contributed by atoms with Crippen LogP contribution in [0.5, 0.6) is 5.75 Å². The van der Waals surface area contributed by atoms with Crippen LogP contribution in [0.3, 0.4) is 0 Å². The van der Waals surface area contributed by atoms with E-state index >= 15 is 0 Å². The molecule has 0 aromatic heterocycles. The number of nitrogens with zero attached hydrogens (tertiary/aromatic N) is 1. The molecule has 0 aliphatic heterocycles. The molecule has 0 bridgehead atoms. The van der Waals surface area contributed by atoms with Crippen molar-refractivity contribution in [1.29, 1.82) is 0 Å². The van der Waals surface area contributed by atoms with Gasteiger partial charge in [-0.1, -0.05) is 42.3 Å². The first-order chi connectivity index (χ1) is 12.0. The van der Waals surface area contributed by atoms with Gasteiger partial charge < -0.3 is 4.74 Å². The lowest BCUT2D eigenvalue weighted by Crippen LogP contribution is -2.20. The topological polar surface area (TPSA) is 50.7 Å². The predicted octanol–water partition coefficient (Wildman–Crippen LogP) is 4.44. The molecule has 0 radical (unpaired) electrons. The molecule has 4 nitrogen and oxygen atoms in total. The molecule has 25 heavy (non-hydrogen) atoms. The van der Waals surface area contributed by atoms with Crippen LogP contribution in [0.1, 0.15) is 35.6 Å². The van der Waals surface area contributed by atoms with Crippen LogP contribution in [-0.2, 0) is 11.2 Å². The van der Waals surface area contributed by atoms with Crippen LogP contribution < -0.4 is 10.2 Å². The molecule has 0 fully saturated rings. The second kappa shape index (κ2) is 9.23. The molecule has 0 unspecified atom stereocenters. The van der Waals surface area contributed by atoms with Gasteiger partial charge in [-0.05, 0) is 55.2 Å². The summed E-state index contributed by atoms with van der Waals surface area (Å²) >= 11 is 6.17. The molecule has 0 saturated heterocycles. The monoisotopic (exact) mass is 358 g/mol. The van der Waals surface area contributed by atoms with Gasteiger partial charge in [-0.15, -0.1) is 0 Å². The number of halogens is 1. The summed E-state index contributed by atoms with van der Waals surface area (Å²) < 4.78 is 5.52. The van der Waals surface area contributed by atoms with Crippen LogP contribution in [0, 0.1) is 13.8 Å². The summed E-state index contributed by atoms with van der Waals surface area (Å²) in [6.45, 7) is 6.70. The molecular formula is C20H23ClN2O2. The summed E-state index contributed by atoms with van der Waals surface area (Å²) in [5.41, 5.74) is 6.63. The number of rotatable bonds is 7. The van der Waals surface area contributed by atoms with Crippen molar-refractivity contribution in [2.24, 2.45) is 5.10 Å². The van der Waals surface area contributed by atoms with Crippen molar-refractivity contribution in [3.63, 3.8) is 0 Å². The summed E-state index contributed by atoms with van der Waals surface area (Å²) in [5.74, 6) is 0.497. The van der Waals surface area contributed by atoms with Crippen LogP contribution in [0.25, 0.3) is 0 Å². The quantitative estimate of drug-likeness (QED) is 0.587. The minimum Gasteiger partial charge on any atom is -0.492 e. The van der Waals surface area contributed by atoms with E-state index in [4.69, 9.17) is 16.3 Å². The Kier molecular flexibility index (Phi) is 7.02. The Hall–Kier alpha value is -2.33. The molecule has 0 spiro atoms. The van der Waals surface area contributed by atoms with Gasteiger partial charge >= 0.3 is 0 Å². The molecule has 1 N–H and O–H groups in total. The Morgan fingerprint density at radius 1 is 1.24 bits per heavy atom. The normalized spacial score (nSPS) is 10.9. The second-order valence-corrected chi connectivity index (χ2v) is 6.35. The SMILES string of the molecule is CCCOc1ccc(/C=N/NC(=O)Cc2ccc(C)cc2C)cc1Cl. The van der Waals surface area contributed by atoms with Crippen LogP contribution in [-0.4, -0.2) is 18.7 Å². The fourth-order valence-corrected chi connectivity index (χ4v) is 2.61. The van der Waals surface area contributed by atoms with E-state index in [1.807, 2.05) is 39.0 Å². The number of hydrogen-bond donors (Lipinski definition) is 1. The van der Waals surface area contributed by atoms with Gasteiger partial charge in [-0.3, -0.25) is 4.79 Å². The first-order valence-corrected chi connectivity index (χ1v) is 8.67. The first-order valence-electron chi connectivity index (χ1n) is 8.30. The average molecular weight is 359 g/mol. The van der Waals surface area contributed by atoms with E-state index in [0.717, 1.165) is 23.1 Å². The average Bonchev–Trinajstić information content (AvgIpc) is 2.57. The molecule has 0 saturated carbocycles. The second-order valence-electron chi connectivity index (χ2n) is 5.94. The summed E-state index contributed by atoms with van der Waals surface area (Å²) in [6, 6.07) is 11.4. The van der Waals surface area contributed by atoms with E-state index in [1.165, 1.54) is 5.56 Å². The molecule has 1 amide bonds. The summed E-state index contributed by atoms with van der Waals surface area (Å²) in [5, 5.41) is 4.52. The Balaban J connectivity index is 1.91. The summed E-state index contributed by atoms with van der Waals surface area (Å²) in [6.07, 6.45) is 2.79. The Morgan fingerprint density at radius 2 is 2.04 bits per heavy atom. The van der Waals surface area contributed by atoms with Gasteiger partial charge in [0.15, 0.2) is 0 Å². The van der Waals surface area contributed by atoms with Crippen molar-refractivity contribution in [1.82, 2.24) is 5.43 Å². The maximum Gasteiger partial charge on any atom is 0.244 e. The third-order valence-corrected chi connectivity index (χ3v) is 3.96. The minimum atomic E-state index is -0.155. The number of ether oxygens (including phenoxy) is 1. The molecule has 5 heteroatoms. The van der Waals surface area contributed by atoms with Gasteiger partial charge in [0.1, 0.15) is 5.75 Å². The van der Waals surface area contributed by atoms with Crippen molar-refractivity contribution in [2.75, 3.05) is 6.61 Å². The summed E-state index contributed by atoms with van der Waals surface area (Å²) in [4.78, 5) is 12.0. The van der Waals surface area contributed by atoms with E-state index in [2.05, 4.69) is 16.6 Å². The zero-order valence-electron chi connectivity index (χ0n) is 14.8. The predicted molar refractivity (Wildman–Crippen MR) is 103 cm³/mol. The van der Waals surface area contributed by atoms with Crippen LogP contribution in [0.15, 0.2) is 41.5 Å². The van der Waals surface area contributed by atoms with Gasteiger partial charge in [0.25, 0.3) is 0 Å². The highest BCUT2D eigenvalue weighted by atomic mass is 35.5. The zero-order valence-corrected chi connectivity index (χ0v) is 15.6. The Morgan fingerprint density at radius 3 is 2.72 bits per heavy atom. The molecule has 0 aliphatic rings. The van der Waals surface area contributed by atoms with Crippen molar-refractivity contribution in [3.8, 4) is 5.75 Å². The molecule has 2 aromatic carbocycles. The third kappa shape index (κ3) is 5.91. The van der Waals surface area contributed by atoms with E-state index in [9.17, 15) is 4.79 Å². The van der Waals surface area contributed by atoms with Crippen molar-refractivity contribution in [3.05, 3.63) is 63.7 Å². The number of nitrogens with one attached hydrogen (secondary N) is 1. The van der Waals surface area contributed by atoms with E-state index in [0.29, 0.717) is 23.8 Å². The third-order valence-electron chi connectivity index (χ3n) is 3.67. The van der Waals surface area contributed by atoms with Gasteiger partial charge in [0.2, 0.25) is 5.91 Å². The number of aryl methyl sites for hydroxylation is 2. The van der Waals surface area contributed by atoms with Crippen LogP contribution in [0.2, 0.25) is 5.02 Å². The van der Waals surface area contributed by atoms with Gasteiger partial charge in [0, 0.05) is 0 Å². The largest absolute Gasteiger partial charge is 0.492 e. The molecule has 0 heterocycles. The lowest BCUT2D eigenvalue weighted by Gasteiger charge is -2.07. The maximum absolute atomic E-state index is 12.0. The Labute approximate surface area is 153 Å². The standard InChI is InChI=1S/C20H23ClN2O2/c1-4-9-25-19-8-6-16(11-18(19)21)13-22-23-20(24)12-17-7-5-14(2)10-15(17)3/h5-8,10-11,13H,4,9,12H2,1-3H3,(H,23,24)/b22-13+. The molecular weight excluding hydrogens is 336 g/mol. The number of carbonyl (C=O) groups is 1. The molecule has 0 aliphatic carbocycles. The highest BCUT2D eigenvalue weighted by Crippen LogP contribution is 2.25. The van der Waals surface area contributed by atoms with Crippen molar-refractivity contribution in [2.45, 2.75) is 33.6 Å². The fourth-order valence-electron chi connectivity index (χ4n) is 2.36. The minimum absolute atomic E-state index is 0.155. The molecule has 132 valence electrons. The van der Waals surface area contributed by atoms with Gasteiger partial charge in [-0.2, -0.15) is 5.10 Å². The van der Waals surface area contributed by atoms with Crippen molar-refractivity contribution < 1.29 is 9.53 Å². The lowest BCUT2D eigenvalue weighted by atomic mass is 10.0. The molecule has 2 rings (SSSR count). The number of benzene rings is 2. The number of hydrogen-bond acceptors (Lipinski definition) is 3. The van der Waals surface area contributed by atoms with E-state index in [-0.39, 0.29) is 5.91 Å². The summed E-state index contributed by atoms with van der Waals surface area (Å²) in [7, 11) is 0. The number of hydrazone groups is 1. The van der Waals surface area contributed by atoms with Crippen molar-refractivity contribution >= 4 is 23.7 Å². The molecule has 0 atom stereocenters. The lowest BCUT2D eigenvalue weighted by molar-refractivity contribution is -0.120. The highest BCUT2D eigenvalue weighted by molar-refractivity contribution is 6.32. The zero-order chi connectivity index (χ0) is 18.2. The maximum atomic E-state index is 12.0. The van der Waals surface area contributed by atoms with Crippen LogP contribution in [0.4, 0.5) is 0 Å². The smallest absolute Gasteiger partial charge is 0.244 e. The van der Waals surface area contributed by atoms with Gasteiger partial charge in [-0.25, -0.2) is 5.43 Å². The number of amides is 1. The van der Waals surface area contributed by atoms with Gasteiger partial charge in [0.05, 0.1) is 24.3 Å². The fraction of sp³-hybridized carbons (Fsp3) is 0.300. The highest BCUT2D eigenvalue weighted by Gasteiger charge is 2.05.